The van der Waals surface area contributed by atoms with E-state index in [9.17, 15) is 14.4 Å². The summed E-state index contributed by atoms with van der Waals surface area (Å²) in [5.74, 6) is -0.294. The van der Waals surface area contributed by atoms with Crippen LogP contribution in [0.1, 0.15) is 56.1 Å². The summed E-state index contributed by atoms with van der Waals surface area (Å²) in [6.07, 6.45) is 6.11. The third kappa shape index (κ3) is 7.07. The number of alkyl carbamates (subject to hydrolysis) is 1. The van der Waals surface area contributed by atoms with Gasteiger partial charge in [-0.3, -0.25) is 9.59 Å². The van der Waals surface area contributed by atoms with Gasteiger partial charge in [0.05, 0.1) is 0 Å². The summed E-state index contributed by atoms with van der Waals surface area (Å²) >= 11 is 0. The summed E-state index contributed by atoms with van der Waals surface area (Å²) in [6.45, 7) is 0.645. The Morgan fingerprint density at radius 1 is 0.886 bits per heavy atom. The van der Waals surface area contributed by atoms with Crippen LogP contribution in [0.2, 0.25) is 0 Å². The molecule has 4 rings (SSSR count). The maximum absolute atomic E-state index is 13.6. The maximum atomic E-state index is 13.6. The van der Waals surface area contributed by atoms with Crippen molar-refractivity contribution in [3.05, 3.63) is 71.8 Å². The Morgan fingerprint density at radius 3 is 2.23 bits per heavy atom. The molecule has 7 nitrogen and oxygen atoms in total. The second kappa shape index (κ2) is 12.4. The monoisotopic (exact) mass is 477 g/mol. The van der Waals surface area contributed by atoms with E-state index in [1.54, 1.807) is 4.90 Å². The van der Waals surface area contributed by atoms with Gasteiger partial charge in [0.25, 0.3) is 0 Å². The first-order chi connectivity index (χ1) is 17.1. The van der Waals surface area contributed by atoms with Crippen LogP contribution in [0.5, 0.6) is 0 Å². The number of ether oxygens (including phenoxy) is 1. The van der Waals surface area contributed by atoms with Crippen molar-refractivity contribution in [3.8, 4) is 0 Å². The van der Waals surface area contributed by atoms with E-state index in [1.165, 1.54) is 0 Å². The van der Waals surface area contributed by atoms with Gasteiger partial charge in [-0.25, -0.2) is 4.79 Å². The lowest BCUT2D eigenvalue weighted by molar-refractivity contribution is -0.140. The topological polar surface area (TPSA) is 87.7 Å². The molecule has 2 N–H and O–H groups in total. The fraction of sp³-hybridized carbons (Fsp3) is 0.464. The molecular formula is C28H35N3O4. The van der Waals surface area contributed by atoms with Crippen LogP contribution in [0, 0.1) is 0 Å². The zero-order chi connectivity index (χ0) is 24.5. The Labute approximate surface area is 207 Å². The van der Waals surface area contributed by atoms with E-state index in [0.29, 0.717) is 25.8 Å². The minimum Gasteiger partial charge on any atom is -0.445 e. The fourth-order valence-electron chi connectivity index (χ4n) is 4.99. The standard InChI is InChI=1S/C28H35N3O4/c32-26(29-23-14-7-8-15-23)25-16-9-19-31(25)27(33)24(18-17-21-10-3-1-4-11-21)30-28(34)35-20-22-12-5-2-6-13-22/h1-6,10-13,23-25H,7-9,14-20H2,(H,29,32)(H,30,34)/t24-,25-/m0/s1. The Morgan fingerprint density at radius 2 is 1.54 bits per heavy atom. The molecule has 0 spiro atoms. The number of carbonyl (C=O) groups excluding carboxylic acids is 3. The third-order valence-electron chi connectivity index (χ3n) is 6.91. The predicted octanol–water partition coefficient (Wildman–Crippen LogP) is 3.96. The number of rotatable bonds is 9. The predicted molar refractivity (Wildman–Crippen MR) is 133 cm³/mol. The highest BCUT2D eigenvalue weighted by Crippen LogP contribution is 2.22. The molecule has 35 heavy (non-hydrogen) atoms. The van der Waals surface area contributed by atoms with Crippen molar-refractivity contribution in [3.63, 3.8) is 0 Å². The van der Waals surface area contributed by atoms with Crippen molar-refractivity contribution >= 4 is 17.9 Å². The van der Waals surface area contributed by atoms with Gasteiger partial charge in [0.2, 0.25) is 11.8 Å². The van der Waals surface area contributed by atoms with Gasteiger partial charge in [0, 0.05) is 12.6 Å². The minimum absolute atomic E-state index is 0.0730. The van der Waals surface area contributed by atoms with Gasteiger partial charge in [-0.05, 0) is 49.7 Å². The van der Waals surface area contributed by atoms with E-state index < -0.39 is 18.2 Å². The van der Waals surface area contributed by atoms with Crippen molar-refractivity contribution in [1.82, 2.24) is 15.5 Å². The number of hydrogen-bond acceptors (Lipinski definition) is 4. The number of nitrogens with zero attached hydrogens (tertiary/aromatic N) is 1. The van der Waals surface area contributed by atoms with E-state index in [2.05, 4.69) is 10.6 Å². The SMILES string of the molecule is O=C(N[C@@H](CCc1ccccc1)C(=O)N1CCC[C@H]1C(=O)NC1CCCC1)OCc1ccccc1. The molecule has 2 fully saturated rings. The zero-order valence-corrected chi connectivity index (χ0v) is 20.2. The Kier molecular flexibility index (Phi) is 8.76. The second-order valence-electron chi connectivity index (χ2n) is 9.46. The molecule has 0 unspecified atom stereocenters. The first-order valence-electron chi connectivity index (χ1n) is 12.7. The average molecular weight is 478 g/mol. The number of amides is 3. The average Bonchev–Trinajstić information content (AvgIpc) is 3.58. The van der Waals surface area contributed by atoms with Gasteiger partial charge in [-0.1, -0.05) is 73.5 Å². The van der Waals surface area contributed by atoms with Gasteiger partial charge in [-0.15, -0.1) is 0 Å². The zero-order valence-electron chi connectivity index (χ0n) is 20.2. The number of likely N-dealkylation sites (tertiary alicyclic amines) is 1. The van der Waals surface area contributed by atoms with Crippen molar-refractivity contribution in [2.75, 3.05) is 6.54 Å². The lowest BCUT2D eigenvalue weighted by Crippen LogP contribution is -2.54. The Bertz CT molecular complexity index is 976. The second-order valence-corrected chi connectivity index (χ2v) is 9.46. The third-order valence-corrected chi connectivity index (χ3v) is 6.91. The Hall–Kier alpha value is -3.35. The first kappa shape index (κ1) is 24.8. The van der Waals surface area contributed by atoms with Crippen molar-refractivity contribution in [1.29, 1.82) is 0 Å². The number of benzene rings is 2. The molecule has 2 aromatic carbocycles. The van der Waals surface area contributed by atoms with Crippen LogP contribution < -0.4 is 10.6 Å². The highest BCUT2D eigenvalue weighted by molar-refractivity contribution is 5.92. The summed E-state index contributed by atoms with van der Waals surface area (Å²) < 4.78 is 5.39. The van der Waals surface area contributed by atoms with Crippen LogP contribution in [0.3, 0.4) is 0 Å². The summed E-state index contributed by atoms with van der Waals surface area (Å²) in [7, 11) is 0. The molecule has 2 atom stereocenters. The molecule has 1 saturated heterocycles. The number of aryl methyl sites for hydroxylation is 1. The van der Waals surface area contributed by atoms with Gasteiger partial charge in [0.1, 0.15) is 18.7 Å². The molecule has 0 bridgehead atoms. The maximum Gasteiger partial charge on any atom is 0.408 e. The quantitative estimate of drug-likeness (QED) is 0.572. The van der Waals surface area contributed by atoms with Crippen molar-refractivity contribution in [2.24, 2.45) is 0 Å². The Balaban J connectivity index is 1.40. The van der Waals surface area contributed by atoms with Crippen LogP contribution >= 0.6 is 0 Å². The van der Waals surface area contributed by atoms with Gasteiger partial charge < -0.3 is 20.3 Å². The molecular weight excluding hydrogens is 442 g/mol. The van der Waals surface area contributed by atoms with Gasteiger partial charge in [-0.2, -0.15) is 0 Å². The molecule has 0 radical (unpaired) electrons. The van der Waals surface area contributed by atoms with E-state index in [1.807, 2.05) is 60.7 Å². The van der Waals surface area contributed by atoms with Crippen LogP contribution in [0.25, 0.3) is 0 Å². The van der Waals surface area contributed by atoms with Crippen LogP contribution in [-0.2, 0) is 27.4 Å². The molecule has 1 saturated carbocycles. The highest BCUT2D eigenvalue weighted by atomic mass is 16.5. The normalized spacial score (nSPS) is 18.7. The summed E-state index contributed by atoms with van der Waals surface area (Å²) in [6, 6.07) is 18.2. The van der Waals surface area contributed by atoms with E-state index in [0.717, 1.165) is 43.2 Å². The first-order valence-corrected chi connectivity index (χ1v) is 12.7. The lowest BCUT2D eigenvalue weighted by Gasteiger charge is -2.29. The van der Waals surface area contributed by atoms with E-state index in [-0.39, 0.29) is 24.5 Å². The van der Waals surface area contributed by atoms with Crippen molar-refractivity contribution < 1.29 is 19.1 Å². The van der Waals surface area contributed by atoms with Gasteiger partial charge >= 0.3 is 6.09 Å². The summed E-state index contributed by atoms with van der Waals surface area (Å²) in [5, 5.41) is 5.92. The lowest BCUT2D eigenvalue weighted by atomic mass is 10.0. The minimum atomic E-state index is -0.765. The summed E-state index contributed by atoms with van der Waals surface area (Å²) in [4.78, 5) is 40.9. The molecule has 3 amide bonds. The molecule has 186 valence electrons. The highest BCUT2D eigenvalue weighted by Gasteiger charge is 2.38. The smallest absolute Gasteiger partial charge is 0.408 e. The molecule has 1 heterocycles. The molecule has 1 aliphatic carbocycles. The van der Waals surface area contributed by atoms with Crippen LogP contribution in [-0.4, -0.2) is 47.5 Å². The fourth-order valence-corrected chi connectivity index (χ4v) is 4.99. The van der Waals surface area contributed by atoms with Gasteiger partial charge in [0.15, 0.2) is 0 Å². The molecule has 2 aromatic rings. The molecule has 0 aromatic heterocycles. The van der Waals surface area contributed by atoms with E-state index in [4.69, 9.17) is 4.74 Å². The van der Waals surface area contributed by atoms with Crippen LogP contribution in [0.4, 0.5) is 4.79 Å². The number of nitrogens with one attached hydrogen (secondary N) is 2. The number of hydrogen-bond donors (Lipinski definition) is 2. The largest absolute Gasteiger partial charge is 0.445 e. The number of carbonyl (C=O) groups is 3. The van der Waals surface area contributed by atoms with Crippen LogP contribution in [0.15, 0.2) is 60.7 Å². The molecule has 7 heteroatoms. The van der Waals surface area contributed by atoms with Crippen molar-refractivity contribution in [2.45, 2.75) is 76.1 Å². The molecule has 1 aliphatic heterocycles. The van der Waals surface area contributed by atoms with E-state index >= 15 is 0 Å². The summed E-state index contributed by atoms with van der Waals surface area (Å²) in [5.41, 5.74) is 1.96. The molecule has 2 aliphatic rings.